The van der Waals surface area contributed by atoms with Gasteiger partial charge in [-0.15, -0.1) is 0 Å². The van der Waals surface area contributed by atoms with E-state index in [1.54, 1.807) is 0 Å². The first-order valence-electron chi connectivity index (χ1n) is 13.9. The molecule has 194 valence electrons. The zero-order chi connectivity index (χ0) is 27.3. The van der Waals surface area contributed by atoms with Crippen LogP contribution in [0.2, 0.25) is 13.1 Å². The molecule has 0 radical (unpaired) electrons. The molecule has 1 aliphatic heterocycles. The number of fused-ring (bicyclic) bond motifs is 9. The molecule has 0 aliphatic carbocycles. The molecule has 3 aromatic heterocycles. The lowest BCUT2D eigenvalue weighted by Gasteiger charge is -2.19. The second-order valence-electron chi connectivity index (χ2n) is 11.4. The van der Waals surface area contributed by atoms with Crippen molar-refractivity contribution in [3.05, 3.63) is 109 Å². The molecule has 4 heterocycles. The first-order chi connectivity index (χ1) is 20.1. The summed E-state index contributed by atoms with van der Waals surface area (Å²) in [5.41, 5.74) is 8.57. The maximum atomic E-state index is 6.53. The predicted octanol–water partition coefficient (Wildman–Crippen LogP) is 8.41. The number of hydrogen-bond donors (Lipinski definition) is 0. The Balaban J connectivity index is 1.41. The largest absolute Gasteiger partial charge is 0.455 e. The third-order valence-electron chi connectivity index (χ3n) is 8.68. The summed E-state index contributed by atoms with van der Waals surface area (Å²) >= 11 is 0. The van der Waals surface area contributed by atoms with Crippen molar-refractivity contribution in [2.24, 2.45) is 0 Å². The SMILES string of the molecule is C[Si]1(C)c2ccccc2-c2c(-c3cccc4c3oc3ccccc34)nc(-c3cccc4c3oc3ccccc34)nc21. The van der Waals surface area contributed by atoms with E-state index in [1.165, 1.54) is 10.8 Å². The second kappa shape index (κ2) is 8.02. The molecule has 5 heteroatoms. The van der Waals surface area contributed by atoms with Crippen LogP contribution >= 0.6 is 0 Å². The van der Waals surface area contributed by atoms with Crippen molar-refractivity contribution < 1.29 is 8.83 Å². The molecule has 0 spiro atoms. The Labute approximate surface area is 236 Å². The Morgan fingerprint density at radius 1 is 0.512 bits per heavy atom. The van der Waals surface area contributed by atoms with E-state index in [4.69, 9.17) is 18.8 Å². The van der Waals surface area contributed by atoms with Crippen molar-refractivity contribution in [3.63, 3.8) is 0 Å². The Morgan fingerprint density at radius 3 is 1.76 bits per heavy atom. The van der Waals surface area contributed by atoms with E-state index < -0.39 is 8.07 Å². The van der Waals surface area contributed by atoms with Crippen LogP contribution in [0.1, 0.15) is 0 Å². The van der Waals surface area contributed by atoms with E-state index in [0.29, 0.717) is 5.82 Å². The third-order valence-corrected chi connectivity index (χ3v) is 12.0. The summed E-state index contributed by atoms with van der Waals surface area (Å²) in [4.78, 5) is 10.8. The normalized spacial score (nSPS) is 13.8. The molecule has 9 rings (SSSR count). The number of aromatic nitrogens is 2. The summed E-state index contributed by atoms with van der Waals surface area (Å²) in [5, 5.41) is 6.91. The number of para-hydroxylation sites is 4. The van der Waals surface area contributed by atoms with Gasteiger partial charge < -0.3 is 8.83 Å². The highest BCUT2D eigenvalue weighted by Crippen LogP contribution is 2.42. The molecular formula is C36H24N2O2Si. The van der Waals surface area contributed by atoms with Gasteiger partial charge in [0.05, 0.1) is 11.3 Å². The van der Waals surface area contributed by atoms with Gasteiger partial charge in [-0.05, 0) is 35.0 Å². The first kappa shape index (κ1) is 22.8. The van der Waals surface area contributed by atoms with Crippen molar-refractivity contribution in [2.45, 2.75) is 13.1 Å². The van der Waals surface area contributed by atoms with Crippen LogP contribution in [0, 0.1) is 0 Å². The minimum absolute atomic E-state index is 0.685. The van der Waals surface area contributed by atoms with E-state index in [2.05, 4.69) is 92.0 Å². The minimum atomic E-state index is -2.12. The zero-order valence-electron chi connectivity index (χ0n) is 22.6. The van der Waals surface area contributed by atoms with E-state index in [1.807, 2.05) is 30.3 Å². The fourth-order valence-corrected chi connectivity index (χ4v) is 9.63. The van der Waals surface area contributed by atoms with Gasteiger partial charge in [0.1, 0.15) is 30.4 Å². The number of furan rings is 2. The van der Waals surface area contributed by atoms with Crippen LogP contribution in [-0.4, -0.2) is 18.0 Å². The summed E-state index contributed by atoms with van der Waals surface area (Å²) < 4.78 is 13.0. The van der Waals surface area contributed by atoms with Gasteiger partial charge in [0.15, 0.2) is 5.82 Å². The molecule has 4 nitrogen and oxygen atoms in total. The molecule has 0 fully saturated rings. The molecule has 0 unspecified atom stereocenters. The highest BCUT2D eigenvalue weighted by Gasteiger charge is 2.42. The Kier molecular flexibility index (Phi) is 4.46. The molecule has 0 atom stereocenters. The van der Waals surface area contributed by atoms with Gasteiger partial charge in [-0.3, -0.25) is 0 Å². The topological polar surface area (TPSA) is 52.1 Å². The monoisotopic (exact) mass is 544 g/mol. The summed E-state index contributed by atoms with van der Waals surface area (Å²) in [5.74, 6) is 0.685. The van der Waals surface area contributed by atoms with Crippen molar-refractivity contribution >= 4 is 62.5 Å². The molecule has 1 aliphatic rings. The fourth-order valence-electron chi connectivity index (χ4n) is 6.71. The number of rotatable bonds is 2. The van der Waals surface area contributed by atoms with Crippen LogP contribution in [0.3, 0.4) is 0 Å². The van der Waals surface area contributed by atoms with Gasteiger partial charge in [0.25, 0.3) is 0 Å². The van der Waals surface area contributed by atoms with Crippen molar-refractivity contribution in [3.8, 4) is 33.8 Å². The van der Waals surface area contributed by atoms with Gasteiger partial charge in [-0.1, -0.05) is 98.0 Å². The maximum Gasteiger partial charge on any atom is 0.163 e. The van der Waals surface area contributed by atoms with E-state index in [-0.39, 0.29) is 0 Å². The van der Waals surface area contributed by atoms with E-state index in [9.17, 15) is 0 Å². The highest BCUT2D eigenvalue weighted by molar-refractivity contribution is 7.03. The van der Waals surface area contributed by atoms with Gasteiger partial charge in [-0.2, -0.15) is 0 Å². The number of nitrogens with zero attached hydrogens (tertiary/aromatic N) is 2. The predicted molar refractivity (Wildman–Crippen MR) is 170 cm³/mol. The maximum absolute atomic E-state index is 6.53. The summed E-state index contributed by atoms with van der Waals surface area (Å²) in [6, 6.07) is 37.8. The summed E-state index contributed by atoms with van der Waals surface area (Å²) in [6.45, 7) is 4.78. The Bertz CT molecular complexity index is 2360. The lowest BCUT2D eigenvalue weighted by molar-refractivity contribution is 0.669. The van der Waals surface area contributed by atoms with E-state index >= 15 is 0 Å². The first-order valence-corrected chi connectivity index (χ1v) is 16.9. The summed E-state index contributed by atoms with van der Waals surface area (Å²) in [6.07, 6.45) is 0. The van der Waals surface area contributed by atoms with Crippen molar-refractivity contribution in [1.82, 2.24) is 9.97 Å². The average Bonchev–Trinajstić information content (AvgIpc) is 3.65. The molecule has 0 amide bonds. The molecular weight excluding hydrogens is 520 g/mol. The number of benzene rings is 5. The molecule has 5 aromatic carbocycles. The van der Waals surface area contributed by atoms with Crippen molar-refractivity contribution in [2.75, 3.05) is 0 Å². The Morgan fingerprint density at radius 2 is 1.05 bits per heavy atom. The van der Waals surface area contributed by atoms with Gasteiger partial charge >= 0.3 is 0 Å². The van der Waals surface area contributed by atoms with Crippen LogP contribution in [0.4, 0.5) is 0 Å². The smallest absolute Gasteiger partial charge is 0.163 e. The third kappa shape index (κ3) is 3.04. The lowest BCUT2D eigenvalue weighted by Crippen LogP contribution is -2.50. The molecule has 0 bridgehead atoms. The summed E-state index contributed by atoms with van der Waals surface area (Å²) in [7, 11) is -2.12. The van der Waals surface area contributed by atoms with Crippen LogP contribution < -0.4 is 10.5 Å². The second-order valence-corrected chi connectivity index (χ2v) is 15.6. The highest BCUT2D eigenvalue weighted by atomic mass is 28.3. The standard InChI is InChI=1S/C36H24N2O2Si/c1-41(2)30-20-8-5-13-25(30)31-32(26-16-9-14-23-21-11-3-6-18-28(21)39-33(23)26)37-35(38-36(31)41)27-17-10-15-24-22-12-4-7-19-29(22)40-34(24)27/h3-20H,1-2H3. The van der Waals surface area contributed by atoms with Crippen LogP contribution in [0.25, 0.3) is 77.6 Å². The average molecular weight is 545 g/mol. The quantitative estimate of drug-likeness (QED) is 0.205. The molecule has 41 heavy (non-hydrogen) atoms. The Hall–Kier alpha value is -5.00. The molecule has 0 saturated heterocycles. The fraction of sp³-hybridized carbons (Fsp3) is 0.0556. The zero-order valence-corrected chi connectivity index (χ0v) is 23.6. The molecule has 0 saturated carbocycles. The van der Waals surface area contributed by atoms with Crippen molar-refractivity contribution in [1.29, 1.82) is 0 Å². The molecule has 8 aromatic rings. The minimum Gasteiger partial charge on any atom is -0.455 e. The van der Waals surface area contributed by atoms with Crippen LogP contribution in [0.5, 0.6) is 0 Å². The van der Waals surface area contributed by atoms with Crippen LogP contribution in [0.15, 0.2) is 118 Å². The molecule has 0 N–H and O–H groups in total. The van der Waals surface area contributed by atoms with E-state index in [0.717, 1.165) is 71.6 Å². The van der Waals surface area contributed by atoms with Gasteiger partial charge in [0, 0.05) is 38.0 Å². The lowest BCUT2D eigenvalue weighted by atomic mass is 9.98. The van der Waals surface area contributed by atoms with Gasteiger partial charge in [-0.25, -0.2) is 9.97 Å². The van der Waals surface area contributed by atoms with Gasteiger partial charge in [0.2, 0.25) is 0 Å². The number of hydrogen-bond acceptors (Lipinski definition) is 4. The van der Waals surface area contributed by atoms with Crippen LogP contribution in [-0.2, 0) is 0 Å².